The van der Waals surface area contributed by atoms with Crippen molar-refractivity contribution in [3.05, 3.63) is 54.1 Å². The number of nitrogens with two attached hydrogens (primary N) is 1. The Kier molecular flexibility index (Phi) is 11.2. The number of nitrogens with one attached hydrogen (secondary N) is 4. The zero-order valence-electron chi connectivity index (χ0n) is 19.7. The smallest absolute Gasteiger partial charge is 0.325 e. The van der Waals surface area contributed by atoms with Gasteiger partial charge >= 0.3 is 5.97 Å². The van der Waals surface area contributed by atoms with E-state index in [1.165, 1.54) is 19.4 Å². The number of benzene rings is 1. The Morgan fingerprint density at radius 1 is 1.03 bits per heavy atom. The van der Waals surface area contributed by atoms with Gasteiger partial charge in [0.1, 0.15) is 18.1 Å². The van der Waals surface area contributed by atoms with Crippen LogP contribution in [-0.2, 0) is 32.0 Å². The van der Waals surface area contributed by atoms with Crippen LogP contribution in [0.1, 0.15) is 24.6 Å². The minimum atomic E-state index is -1.20. The Labute approximate surface area is 208 Å². The average molecular weight is 505 g/mol. The van der Waals surface area contributed by atoms with E-state index < -0.39 is 47.9 Å². The summed E-state index contributed by atoms with van der Waals surface area (Å²) >= 11 is 1.56. The summed E-state index contributed by atoms with van der Waals surface area (Å²) in [5, 5.41) is 16.9. The van der Waals surface area contributed by atoms with Crippen LogP contribution >= 0.6 is 11.8 Å². The van der Waals surface area contributed by atoms with E-state index >= 15 is 0 Å². The van der Waals surface area contributed by atoms with Gasteiger partial charge in [0, 0.05) is 24.7 Å². The molecule has 1 heterocycles. The lowest BCUT2D eigenvalue weighted by molar-refractivity contribution is -0.141. The molecule has 4 atom stereocenters. The number of carboxylic acid groups (broad SMARTS) is 1. The van der Waals surface area contributed by atoms with E-state index in [2.05, 4.69) is 25.9 Å². The fourth-order valence-electron chi connectivity index (χ4n) is 3.19. The lowest BCUT2D eigenvalue weighted by Crippen LogP contribution is -2.58. The molecule has 0 saturated carbocycles. The lowest BCUT2D eigenvalue weighted by atomic mass is 10.0. The Bertz CT molecular complexity index is 972. The zero-order valence-corrected chi connectivity index (χ0v) is 20.5. The van der Waals surface area contributed by atoms with Gasteiger partial charge in [-0.2, -0.15) is 11.8 Å². The standard InChI is InChI=1S/C23H32N6O5S/c1-14(23(33)34)27-21(31)18(10-15-6-4-3-5-7-15)29-22(32)19(11-16-12-25-13-26-16)28-20(30)17(24)8-9-35-2/h3-7,12-14,17-19H,8-11,24H2,1-2H3,(H,25,26)(H,27,31)(H,28,30)(H,29,32)(H,33,34). The van der Waals surface area contributed by atoms with Crippen LogP contribution in [0.5, 0.6) is 0 Å². The van der Waals surface area contributed by atoms with Crippen LogP contribution in [0.2, 0.25) is 0 Å². The van der Waals surface area contributed by atoms with Crippen molar-refractivity contribution < 1.29 is 24.3 Å². The van der Waals surface area contributed by atoms with Crippen LogP contribution in [0.3, 0.4) is 0 Å². The van der Waals surface area contributed by atoms with E-state index in [-0.39, 0.29) is 12.8 Å². The van der Waals surface area contributed by atoms with Gasteiger partial charge in [-0.05, 0) is 30.9 Å². The first-order valence-corrected chi connectivity index (χ1v) is 12.5. The van der Waals surface area contributed by atoms with Crippen molar-refractivity contribution in [1.29, 1.82) is 0 Å². The molecule has 0 saturated heterocycles. The maximum absolute atomic E-state index is 13.3. The number of hydrogen-bond donors (Lipinski definition) is 6. The Balaban J connectivity index is 2.21. The molecule has 0 fully saturated rings. The van der Waals surface area contributed by atoms with Gasteiger partial charge in [-0.15, -0.1) is 0 Å². The van der Waals surface area contributed by atoms with Gasteiger partial charge in [-0.1, -0.05) is 30.3 Å². The molecule has 12 heteroatoms. The van der Waals surface area contributed by atoms with Gasteiger partial charge in [0.2, 0.25) is 17.7 Å². The van der Waals surface area contributed by atoms with Gasteiger partial charge in [-0.3, -0.25) is 19.2 Å². The molecule has 2 rings (SSSR count). The number of thioether (sulfide) groups is 1. The van der Waals surface area contributed by atoms with E-state index in [4.69, 9.17) is 10.8 Å². The minimum absolute atomic E-state index is 0.0953. The molecule has 190 valence electrons. The van der Waals surface area contributed by atoms with Crippen LogP contribution < -0.4 is 21.7 Å². The Morgan fingerprint density at radius 3 is 2.26 bits per heavy atom. The molecule has 0 aliphatic rings. The lowest BCUT2D eigenvalue weighted by Gasteiger charge is -2.24. The van der Waals surface area contributed by atoms with Crippen LogP contribution in [0.4, 0.5) is 0 Å². The van der Waals surface area contributed by atoms with Crippen LogP contribution in [0, 0.1) is 0 Å². The van der Waals surface area contributed by atoms with Crippen molar-refractivity contribution in [2.75, 3.05) is 12.0 Å². The molecule has 2 aromatic rings. The van der Waals surface area contributed by atoms with E-state index in [9.17, 15) is 19.2 Å². The Hall–Kier alpha value is -3.38. The first kappa shape index (κ1) is 27.9. The van der Waals surface area contributed by atoms with Gasteiger partial charge in [0.15, 0.2) is 0 Å². The fourth-order valence-corrected chi connectivity index (χ4v) is 3.68. The highest BCUT2D eigenvalue weighted by atomic mass is 32.2. The molecule has 3 amide bonds. The molecule has 35 heavy (non-hydrogen) atoms. The van der Waals surface area contributed by atoms with Crippen molar-refractivity contribution >= 4 is 35.5 Å². The highest BCUT2D eigenvalue weighted by molar-refractivity contribution is 7.98. The molecule has 0 radical (unpaired) electrons. The van der Waals surface area contributed by atoms with Crippen molar-refractivity contribution in [2.24, 2.45) is 5.73 Å². The third-order valence-corrected chi connectivity index (χ3v) is 5.87. The normalized spacial score (nSPS) is 14.3. The van der Waals surface area contributed by atoms with Crippen LogP contribution in [0.25, 0.3) is 0 Å². The van der Waals surface area contributed by atoms with E-state index in [0.29, 0.717) is 17.9 Å². The molecule has 0 spiro atoms. The summed E-state index contributed by atoms with van der Waals surface area (Å²) < 4.78 is 0. The van der Waals surface area contributed by atoms with Crippen LogP contribution in [0.15, 0.2) is 42.9 Å². The number of aromatic nitrogens is 2. The van der Waals surface area contributed by atoms with Gasteiger partial charge in [0.05, 0.1) is 12.4 Å². The van der Waals surface area contributed by atoms with Crippen molar-refractivity contribution in [3.8, 4) is 0 Å². The van der Waals surface area contributed by atoms with Crippen molar-refractivity contribution in [1.82, 2.24) is 25.9 Å². The number of nitrogens with zero attached hydrogens (tertiary/aromatic N) is 1. The first-order valence-electron chi connectivity index (χ1n) is 11.1. The number of imidazole rings is 1. The topological polar surface area (TPSA) is 179 Å². The number of carboxylic acids is 1. The van der Waals surface area contributed by atoms with Crippen LogP contribution in [-0.4, -0.2) is 74.9 Å². The number of H-pyrrole nitrogens is 1. The molecule has 11 nitrogen and oxygen atoms in total. The number of carbonyl (C=O) groups excluding carboxylic acids is 3. The maximum Gasteiger partial charge on any atom is 0.325 e. The summed E-state index contributed by atoms with van der Waals surface area (Å²) in [5.74, 6) is -2.26. The molecule has 0 aliphatic heterocycles. The third kappa shape index (κ3) is 9.41. The second-order valence-electron chi connectivity index (χ2n) is 8.05. The van der Waals surface area contributed by atoms with E-state index in [1.54, 1.807) is 36.0 Å². The average Bonchev–Trinajstić information content (AvgIpc) is 3.35. The quantitative estimate of drug-likeness (QED) is 0.205. The summed E-state index contributed by atoms with van der Waals surface area (Å²) in [5.41, 5.74) is 7.33. The maximum atomic E-state index is 13.3. The van der Waals surface area contributed by atoms with E-state index in [1.807, 2.05) is 12.3 Å². The SMILES string of the molecule is CSCCC(N)C(=O)NC(Cc1cnc[nH]1)C(=O)NC(Cc1ccccc1)C(=O)NC(C)C(=O)O. The van der Waals surface area contributed by atoms with E-state index in [0.717, 1.165) is 5.56 Å². The molecule has 7 N–H and O–H groups in total. The molecule has 4 unspecified atom stereocenters. The zero-order chi connectivity index (χ0) is 25.8. The molecular weight excluding hydrogens is 472 g/mol. The molecular formula is C23H32N6O5S. The number of amides is 3. The second kappa shape index (κ2) is 14.1. The summed E-state index contributed by atoms with van der Waals surface area (Å²) in [6, 6.07) is 4.95. The third-order valence-electron chi connectivity index (χ3n) is 5.23. The molecule has 0 bridgehead atoms. The van der Waals surface area contributed by atoms with Crippen molar-refractivity contribution in [2.45, 2.75) is 50.4 Å². The summed E-state index contributed by atoms with van der Waals surface area (Å²) in [6.07, 6.45) is 5.55. The summed E-state index contributed by atoms with van der Waals surface area (Å²) in [4.78, 5) is 56.8. The first-order chi connectivity index (χ1) is 16.7. The molecule has 1 aromatic carbocycles. The summed E-state index contributed by atoms with van der Waals surface area (Å²) in [7, 11) is 0. The minimum Gasteiger partial charge on any atom is -0.480 e. The van der Waals surface area contributed by atoms with Crippen molar-refractivity contribution in [3.63, 3.8) is 0 Å². The second-order valence-corrected chi connectivity index (χ2v) is 9.04. The highest BCUT2D eigenvalue weighted by Gasteiger charge is 2.30. The fraction of sp³-hybridized carbons (Fsp3) is 0.435. The predicted octanol–water partition coefficient (Wildman–Crippen LogP) is -0.166. The number of aromatic amines is 1. The highest BCUT2D eigenvalue weighted by Crippen LogP contribution is 2.07. The Morgan fingerprint density at radius 2 is 1.66 bits per heavy atom. The predicted molar refractivity (Wildman–Crippen MR) is 133 cm³/mol. The summed E-state index contributed by atoms with van der Waals surface area (Å²) in [6.45, 7) is 1.33. The number of hydrogen-bond acceptors (Lipinski definition) is 7. The molecule has 1 aromatic heterocycles. The van der Waals surface area contributed by atoms with Gasteiger partial charge < -0.3 is 31.8 Å². The number of aliphatic carboxylic acids is 1. The van der Waals surface area contributed by atoms with Gasteiger partial charge in [0.25, 0.3) is 0 Å². The monoisotopic (exact) mass is 504 g/mol. The number of carbonyl (C=O) groups is 4. The van der Waals surface area contributed by atoms with Gasteiger partial charge in [-0.25, -0.2) is 4.98 Å². The largest absolute Gasteiger partial charge is 0.480 e. The number of rotatable bonds is 14. The molecule has 0 aliphatic carbocycles.